The van der Waals surface area contributed by atoms with Gasteiger partial charge in [0.2, 0.25) is 18.0 Å². The number of amides is 3. The molecule has 1 aliphatic heterocycles. The number of benzene rings is 2. The maximum atomic E-state index is 13.9. The smallest absolute Gasteiger partial charge is 0.272 e. The molecule has 2 atom stereocenters. The van der Waals surface area contributed by atoms with E-state index in [9.17, 15) is 14.4 Å². The first-order chi connectivity index (χ1) is 17.2. The molecule has 2 aromatic carbocycles. The number of para-hydroxylation sites is 1. The Kier molecular flexibility index (Phi) is 7.57. The van der Waals surface area contributed by atoms with E-state index < -0.39 is 23.4 Å². The lowest BCUT2D eigenvalue weighted by Crippen LogP contribution is -2.54. The molecule has 1 heterocycles. The number of likely N-dealkylation sites (N-methyl/N-ethyl adjacent to an activating group) is 1. The number of carbonyl (C=O) groups excluding carboxylic acids is 3. The summed E-state index contributed by atoms with van der Waals surface area (Å²) in [6, 6.07) is 17.2. The van der Waals surface area contributed by atoms with E-state index in [4.69, 9.17) is 10.7 Å². The van der Waals surface area contributed by atoms with Crippen LogP contribution in [0.1, 0.15) is 63.5 Å². The highest BCUT2D eigenvalue weighted by molar-refractivity contribution is 6.20. The lowest BCUT2D eigenvalue weighted by Gasteiger charge is -2.41. The highest BCUT2D eigenvalue weighted by Gasteiger charge is 2.49. The summed E-state index contributed by atoms with van der Waals surface area (Å²) in [6.45, 7) is 4.06. The van der Waals surface area contributed by atoms with Crippen molar-refractivity contribution in [1.82, 2.24) is 5.32 Å². The first-order valence-corrected chi connectivity index (χ1v) is 12.8. The van der Waals surface area contributed by atoms with Crippen molar-refractivity contribution >= 4 is 29.1 Å². The number of nitrogens with one attached hydrogen (secondary N) is 1. The summed E-state index contributed by atoms with van der Waals surface area (Å²) in [5.74, 6) is -1.53. The van der Waals surface area contributed by atoms with E-state index in [1.807, 2.05) is 68.4 Å². The zero-order valence-electron chi connectivity index (χ0n) is 21.4. The fraction of sp³-hybridized carbons (Fsp3) is 0.448. The Morgan fingerprint density at radius 1 is 1.06 bits per heavy atom. The second-order valence-electron chi connectivity index (χ2n) is 10.4. The van der Waals surface area contributed by atoms with Gasteiger partial charge in [0.25, 0.3) is 5.91 Å². The van der Waals surface area contributed by atoms with Gasteiger partial charge in [0.05, 0.1) is 22.7 Å². The lowest BCUT2D eigenvalue weighted by atomic mass is 9.63. The molecule has 0 radical (unpaired) electrons. The molecule has 1 aliphatic carbocycles. The van der Waals surface area contributed by atoms with Crippen LogP contribution < -0.4 is 16.0 Å². The lowest BCUT2D eigenvalue weighted by molar-refractivity contribution is -0.144. The van der Waals surface area contributed by atoms with Crippen LogP contribution in [-0.4, -0.2) is 36.6 Å². The molecular formula is C29H36N4O3. The molecule has 4 rings (SSSR count). The van der Waals surface area contributed by atoms with Crippen molar-refractivity contribution < 1.29 is 14.4 Å². The van der Waals surface area contributed by atoms with Gasteiger partial charge in [-0.15, -0.1) is 0 Å². The highest BCUT2D eigenvalue weighted by Crippen LogP contribution is 2.45. The average molecular weight is 489 g/mol. The quantitative estimate of drug-likeness (QED) is 0.614. The maximum Gasteiger partial charge on any atom is 0.272 e. The number of rotatable bonds is 7. The van der Waals surface area contributed by atoms with Gasteiger partial charge in [-0.1, -0.05) is 81.6 Å². The normalized spacial score (nSPS) is 20.2. The molecule has 1 fully saturated rings. The molecule has 36 heavy (non-hydrogen) atoms. The van der Waals surface area contributed by atoms with Crippen LogP contribution in [0.15, 0.2) is 59.6 Å². The number of nitrogens with zero attached hydrogens (tertiary/aromatic N) is 2. The van der Waals surface area contributed by atoms with E-state index >= 15 is 0 Å². The highest BCUT2D eigenvalue weighted by atomic mass is 16.2. The molecule has 0 saturated heterocycles. The Bertz CT molecular complexity index is 1150. The van der Waals surface area contributed by atoms with Crippen molar-refractivity contribution in [3.8, 4) is 0 Å². The minimum absolute atomic E-state index is 0.180. The summed E-state index contributed by atoms with van der Waals surface area (Å²) in [4.78, 5) is 46.6. The Labute approximate surface area is 213 Å². The molecule has 0 bridgehead atoms. The molecule has 7 nitrogen and oxygen atoms in total. The van der Waals surface area contributed by atoms with Crippen molar-refractivity contribution in [2.75, 3.05) is 11.9 Å². The number of hydrogen-bond donors (Lipinski definition) is 2. The molecule has 3 N–H and O–H groups in total. The summed E-state index contributed by atoms with van der Waals surface area (Å²) < 4.78 is 0. The zero-order valence-corrected chi connectivity index (χ0v) is 21.4. The topological polar surface area (TPSA) is 105 Å². The third-order valence-electron chi connectivity index (χ3n) is 7.60. The van der Waals surface area contributed by atoms with Crippen LogP contribution in [0, 0.1) is 17.3 Å². The van der Waals surface area contributed by atoms with E-state index in [2.05, 4.69) is 5.32 Å². The van der Waals surface area contributed by atoms with Gasteiger partial charge in [-0.05, 0) is 31.2 Å². The Hall–Kier alpha value is -3.48. The minimum Gasteiger partial charge on any atom is -0.369 e. The van der Waals surface area contributed by atoms with Gasteiger partial charge in [0, 0.05) is 18.2 Å². The van der Waals surface area contributed by atoms with Crippen molar-refractivity contribution in [1.29, 1.82) is 0 Å². The van der Waals surface area contributed by atoms with Gasteiger partial charge in [0.1, 0.15) is 0 Å². The molecular weight excluding hydrogens is 452 g/mol. The van der Waals surface area contributed by atoms with Crippen molar-refractivity contribution in [3.63, 3.8) is 0 Å². The predicted molar refractivity (Wildman–Crippen MR) is 142 cm³/mol. The maximum absolute atomic E-state index is 13.9. The summed E-state index contributed by atoms with van der Waals surface area (Å²) in [5, 5.41) is 2.93. The number of aliphatic imine (C=N–C) groups is 1. The SMILES string of the molecule is CC(C)C[C@@H](C(=O)NC1N=C(c2ccccc2)c2ccccc2N(C)C1=O)C1(C(N)=O)CCCCC1. The second kappa shape index (κ2) is 10.6. The van der Waals surface area contributed by atoms with Crippen LogP contribution in [0.5, 0.6) is 0 Å². The summed E-state index contributed by atoms with van der Waals surface area (Å²) in [5.41, 5.74) is 8.09. The third kappa shape index (κ3) is 4.92. The molecule has 3 amide bonds. The van der Waals surface area contributed by atoms with Gasteiger partial charge in [-0.25, -0.2) is 4.99 Å². The largest absolute Gasteiger partial charge is 0.369 e. The molecule has 7 heteroatoms. The van der Waals surface area contributed by atoms with Crippen LogP contribution in [0.2, 0.25) is 0 Å². The zero-order chi connectivity index (χ0) is 25.9. The van der Waals surface area contributed by atoms with Gasteiger partial charge in [-0.3, -0.25) is 14.4 Å². The number of carbonyl (C=O) groups is 3. The van der Waals surface area contributed by atoms with Crippen molar-refractivity contribution in [2.24, 2.45) is 28.0 Å². The van der Waals surface area contributed by atoms with Crippen LogP contribution >= 0.6 is 0 Å². The van der Waals surface area contributed by atoms with Crippen LogP contribution in [0.4, 0.5) is 5.69 Å². The monoisotopic (exact) mass is 488 g/mol. The predicted octanol–water partition coefficient (Wildman–Crippen LogP) is 4.04. The average Bonchev–Trinajstić information content (AvgIpc) is 2.98. The fourth-order valence-corrected chi connectivity index (χ4v) is 5.68. The Morgan fingerprint density at radius 2 is 1.69 bits per heavy atom. The van der Waals surface area contributed by atoms with E-state index in [1.54, 1.807) is 11.9 Å². The van der Waals surface area contributed by atoms with Gasteiger partial charge < -0.3 is 16.0 Å². The molecule has 1 saturated carbocycles. The van der Waals surface area contributed by atoms with Crippen molar-refractivity contribution in [2.45, 2.75) is 58.5 Å². The van der Waals surface area contributed by atoms with E-state index in [1.165, 1.54) is 0 Å². The number of primary amides is 1. The molecule has 190 valence electrons. The van der Waals surface area contributed by atoms with Crippen LogP contribution in [0.25, 0.3) is 0 Å². The first-order valence-electron chi connectivity index (χ1n) is 12.8. The number of nitrogens with two attached hydrogens (primary N) is 1. The minimum atomic E-state index is -1.12. The third-order valence-corrected chi connectivity index (χ3v) is 7.60. The number of fused-ring (bicyclic) bond motifs is 1. The van der Waals surface area contributed by atoms with E-state index in [0.29, 0.717) is 25.0 Å². The summed E-state index contributed by atoms with van der Waals surface area (Å²) in [6.07, 6.45) is 3.34. The standard InChI is InChI=1S/C29H36N4O3/c1-19(2)18-22(29(28(30)36)16-10-5-11-17-29)26(34)32-25-27(35)33(3)23-15-9-8-14-21(23)24(31-25)20-12-6-4-7-13-20/h4,6-9,12-15,19,22,25H,5,10-11,16-18H2,1-3H3,(H2,30,36)(H,32,34)/t22-,25?/m0/s1. The van der Waals surface area contributed by atoms with Crippen LogP contribution in [-0.2, 0) is 14.4 Å². The molecule has 2 aliphatic rings. The summed E-state index contributed by atoms with van der Waals surface area (Å²) >= 11 is 0. The number of hydrogen-bond acceptors (Lipinski definition) is 4. The molecule has 0 spiro atoms. The molecule has 1 unspecified atom stereocenters. The van der Waals surface area contributed by atoms with Crippen molar-refractivity contribution in [3.05, 3.63) is 65.7 Å². The second-order valence-corrected chi connectivity index (χ2v) is 10.4. The Morgan fingerprint density at radius 3 is 2.33 bits per heavy atom. The van der Waals surface area contributed by atoms with E-state index in [-0.39, 0.29) is 17.7 Å². The van der Waals surface area contributed by atoms with Gasteiger partial charge in [-0.2, -0.15) is 0 Å². The fourth-order valence-electron chi connectivity index (χ4n) is 5.68. The molecule has 0 aromatic heterocycles. The number of benzodiazepines with no additional fused rings is 1. The van der Waals surface area contributed by atoms with Crippen LogP contribution in [0.3, 0.4) is 0 Å². The summed E-state index contributed by atoms with van der Waals surface area (Å²) in [7, 11) is 1.70. The van der Waals surface area contributed by atoms with E-state index in [0.717, 1.165) is 36.1 Å². The first kappa shape index (κ1) is 25.6. The Balaban J connectivity index is 1.74. The van der Waals surface area contributed by atoms with Gasteiger partial charge in [0.15, 0.2) is 0 Å². The van der Waals surface area contributed by atoms with Gasteiger partial charge >= 0.3 is 0 Å². The molecule has 2 aromatic rings. The number of anilines is 1.